The Hall–Kier alpha value is -1.99. The van der Waals surface area contributed by atoms with E-state index in [1.54, 1.807) is 11.8 Å². The molecule has 0 aliphatic heterocycles. The van der Waals surface area contributed by atoms with Crippen molar-refractivity contribution in [3.63, 3.8) is 0 Å². The summed E-state index contributed by atoms with van der Waals surface area (Å²) in [5.41, 5.74) is 2.88. The summed E-state index contributed by atoms with van der Waals surface area (Å²) in [6.45, 7) is 8.46. The van der Waals surface area contributed by atoms with E-state index in [2.05, 4.69) is 36.4 Å². The number of hydrogen-bond donors (Lipinski definition) is 2. The second-order valence-electron chi connectivity index (χ2n) is 6.47. The molecule has 1 amide bonds. The van der Waals surface area contributed by atoms with E-state index in [1.807, 2.05) is 29.6 Å². The van der Waals surface area contributed by atoms with E-state index in [-0.39, 0.29) is 5.91 Å². The number of carbonyl (C=O) groups excluding carboxylic acids is 1. The highest BCUT2D eigenvalue weighted by molar-refractivity contribution is 7.80. The molecule has 0 bridgehead atoms. The maximum Gasteiger partial charge on any atom is 0.230 e. The number of aryl methyl sites for hydroxylation is 1. The third kappa shape index (κ3) is 6.01. The minimum absolute atomic E-state index is 0.0460. The Bertz CT molecular complexity index is 775. The van der Waals surface area contributed by atoms with Gasteiger partial charge in [0, 0.05) is 18.3 Å². The normalized spacial score (nSPS) is 11.7. The fourth-order valence-corrected chi connectivity index (χ4v) is 4.02. The first-order valence-corrected chi connectivity index (χ1v) is 10.6. The molecule has 1 aromatic heterocycles. The Kier molecular flexibility index (Phi) is 8.19. The van der Waals surface area contributed by atoms with E-state index in [0.29, 0.717) is 22.8 Å². The number of carbonyl (C=O) groups is 1. The number of amides is 1. The lowest BCUT2D eigenvalue weighted by atomic mass is 10.1. The first kappa shape index (κ1) is 21.3. The van der Waals surface area contributed by atoms with Crippen molar-refractivity contribution in [1.29, 1.82) is 0 Å². The zero-order valence-electron chi connectivity index (χ0n) is 16.4. The van der Waals surface area contributed by atoms with Gasteiger partial charge in [0.05, 0.1) is 17.9 Å². The number of hydrogen-bond acceptors (Lipinski definition) is 4. The molecular weight excluding hydrogens is 376 g/mol. The van der Waals surface area contributed by atoms with Gasteiger partial charge in [-0.3, -0.25) is 9.69 Å². The highest BCUT2D eigenvalue weighted by Gasteiger charge is 2.20. The van der Waals surface area contributed by atoms with Crippen molar-refractivity contribution in [2.45, 2.75) is 59.5 Å². The van der Waals surface area contributed by atoms with E-state index in [1.165, 1.54) is 11.3 Å². The summed E-state index contributed by atoms with van der Waals surface area (Å²) < 4.78 is 0. The van der Waals surface area contributed by atoms with E-state index in [0.717, 1.165) is 36.2 Å². The van der Waals surface area contributed by atoms with Crippen LogP contribution in [0.15, 0.2) is 29.6 Å². The van der Waals surface area contributed by atoms with Crippen LogP contribution in [0, 0.1) is 0 Å². The molecule has 0 radical (unpaired) electrons. The minimum atomic E-state index is -0.0460. The Morgan fingerprint density at radius 1 is 1.33 bits per heavy atom. The summed E-state index contributed by atoms with van der Waals surface area (Å²) in [7, 11) is 0. The maximum atomic E-state index is 12.3. The topological polar surface area (TPSA) is 57.3 Å². The van der Waals surface area contributed by atoms with E-state index in [4.69, 9.17) is 12.2 Å². The van der Waals surface area contributed by atoms with Crippen LogP contribution in [0.2, 0.25) is 0 Å². The van der Waals surface area contributed by atoms with Gasteiger partial charge in [-0.25, -0.2) is 4.98 Å². The third-order valence-electron chi connectivity index (χ3n) is 4.19. The van der Waals surface area contributed by atoms with Crippen LogP contribution in [0.1, 0.15) is 51.8 Å². The van der Waals surface area contributed by atoms with Gasteiger partial charge < -0.3 is 10.6 Å². The van der Waals surface area contributed by atoms with Gasteiger partial charge in [0.1, 0.15) is 0 Å². The number of benzene rings is 1. The van der Waals surface area contributed by atoms with E-state index in [9.17, 15) is 4.79 Å². The smallest absolute Gasteiger partial charge is 0.230 e. The Morgan fingerprint density at radius 2 is 2.07 bits per heavy atom. The van der Waals surface area contributed by atoms with Crippen molar-refractivity contribution >= 4 is 45.4 Å². The van der Waals surface area contributed by atoms with Gasteiger partial charge in [0.2, 0.25) is 5.91 Å². The molecule has 1 aromatic carbocycles. The van der Waals surface area contributed by atoms with Gasteiger partial charge >= 0.3 is 0 Å². The van der Waals surface area contributed by atoms with Gasteiger partial charge in [-0.15, -0.1) is 11.3 Å². The summed E-state index contributed by atoms with van der Waals surface area (Å²) in [5, 5.41) is 9.74. The van der Waals surface area contributed by atoms with E-state index >= 15 is 0 Å². The minimum Gasteiger partial charge on any atom is -0.360 e. The van der Waals surface area contributed by atoms with Crippen molar-refractivity contribution in [1.82, 2.24) is 15.6 Å². The lowest BCUT2D eigenvalue weighted by Crippen LogP contribution is -2.40. The molecule has 0 spiro atoms. The van der Waals surface area contributed by atoms with Gasteiger partial charge in [0.25, 0.3) is 0 Å². The number of anilines is 2. The predicted octanol–water partition coefficient (Wildman–Crippen LogP) is 4.54. The predicted molar refractivity (Wildman–Crippen MR) is 118 cm³/mol. The first-order valence-electron chi connectivity index (χ1n) is 9.33. The van der Waals surface area contributed by atoms with Crippen molar-refractivity contribution < 1.29 is 4.79 Å². The van der Waals surface area contributed by atoms with Crippen LogP contribution in [-0.4, -0.2) is 22.0 Å². The average Bonchev–Trinajstić information content (AvgIpc) is 3.09. The summed E-state index contributed by atoms with van der Waals surface area (Å²) >= 11 is 6.81. The second kappa shape index (κ2) is 10.4. The number of nitrogens with zero attached hydrogens (tertiary/aromatic N) is 2. The Balaban J connectivity index is 2.08. The molecule has 0 saturated heterocycles. The Morgan fingerprint density at radius 3 is 2.74 bits per heavy atom. The highest BCUT2D eigenvalue weighted by Crippen LogP contribution is 2.31. The molecule has 5 nitrogen and oxygen atoms in total. The van der Waals surface area contributed by atoms with E-state index < -0.39 is 0 Å². The molecule has 0 fully saturated rings. The van der Waals surface area contributed by atoms with Crippen LogP contribution >= 0.6 is 23.6 Å². The molecule has 0 aliphatic carbocycles. The number of para-hydroxylation sites is 1. The van der Waals surface area contributed by atoms with Gasteiger partial charge in [-0.2, -0.15) is 0 Å². The summed E-state index contributed by atoms with van der Waals surface area (Å²) in [6, 6.07) is 8.30. The maximum absolute atomic E-state index is 12.3. The van der Waals surface area contributed by atoms with Crippen LogP contribution in [0.4, 0.5) is 10.8 Å². The van der Waals surface area contributed by atoms with Crippen LogP contribution in [0.5, 0.6) is 0 Å². The standard InChI is InChI=1S/C20H28N4OS2/c1-5-9-14(3)22-19(26)21-12-17-13-27-20(23-17)24(15(4)25)18-11-8-7-10-16(18)6-2/h7-8,10-11,13-14H,5-6,9,12H2,1-4H3,(H2,21,22,26)/t14-/m0/s1. The number of aromatic nitrogens is 1. The number of thiazole rings is 1. The number of nitrogens with one attached hydrogen (secondary N) is 2. The average molecular weight is 405 g/mol. The van der Waals surface area contributed by atoms with Crippen molar-refractivity contribution in [3.05, 3.63) is 40.9 Å². The molecule has 146 valence electrons. The van der Waals surface area contributed by atoms with Crippen LogP contribution in [0.3, 0.4) is 0 Å². The molecule has 0 unspecified atom stereocenters. The van der Waals surface area contributed by atoms with Crippen molar-refractivity contribution in [2.24, 2.45) is 0 Å². The van der Waals surface area contributed by atoms with Gasteiger partial charge in [-0.05, 0) is 43.6 Å². The second-order valence-corrected chi connectivity index (χ2v) is 7.72. The fourth-order valence-electron chi connectivity index (χ4n) is 2.87. The lowest BCUT2D eigenvalue weighted by molar-refractivity contribution is -0.115. The summed E-state index contributed by atoms with van der Waals surface area (Å²) in [4.78, 5) is 18.6. The highest BCUT2D eigenvalue weighted by atomic mass is 32.1. The summed E-state index contributed by atoms with van der Waals surface area (Å²) in [5.74, 6) is -0.0460. The zero-order chi connectivity index (χ0) is 19.8. The number of rotatable bonds is 8. The first-order chi connectivity index (χ1) is 13.0. The monoisotopic (exact) mass is 404 g/mol. The SMILES string of the molecule is CCC[C@H](C)NC(=S)NCc1csc(N(C(C)=O)c2ccccc2CC)n1. The van der Waals surface area contributed by atoms with Crippen molar-refractivity contribution in [3.8, 4) is 0 Å². The lowest BCUT2D eigenvalue weighted by Gasteiger charge is -2.21. The molecule has 1 atom stereocenters. The largest absolute Gasteiger partial charge is 0.360 e. The molecular formula is C20H28N4OS2. The number of thiocarbonyl (C=S) groups is 1. The molecule has 0 aliphatic rings. The molecule has 2 aromatic rings. The molecule has 0 saturated carbocycles. The van der Waals surface area contributed by atoms with Crippen molar-refractivity contribution in [2.75, 3.05) is 4.90 Å². The fraction of sp³-hybridized carbons (Fsp3) is 0.450. The van der Waals surface area contributed by atoms with Crippen LogP contribution in [-0.2, 0) is 17.8 Å². The zero-order valence-corrected chi connectivity index (χ0v) is 18.0. The molecule has 1 heterocycles. The molecule has 2 N–H and O–H groups in total. The van der Waals surface area contributed by atoms with Gasteiger partial charge in [-0.1, -0.05) is 38.5 Å². The quantitative estimate of drug-likeness (QED) is 0.633. The molecule has 2 rings (SSSR count). The van der Waals surface area contributed by atoms with Gasteiger partial charge in [0.15, 0.2) is 10.2 Å². The third-order valence-corrected chi connectivity index (χ3v) is 5.33. The molecule has 27 heavy (non-hydrogen) atoms. The molecule has 7 heteroatoms. The summed E-state index contributed by atoms with van der Waals surface area (Å²) in [6.07, 6.45) is 3.05. The van der Waals surface area contributed by atoms with Crippen LogP contribution in [0.25, 0.3) is 0 Å². The van der Waals surface area contributed by atoms with Crippen LogP contribution < -0.4 is 15.5 Å². The Labute approximate surface area is 171 Å².